The first kappa shape index (κ1) is 11.0. The molecule has 2 rings (SSSR count). The normalized spacial score (nSPS) is 25.5. The molecule has 1 atom stereocenters. The van der Waals surface area contributed by atoms with E-state index in [-0.39, 0.29) is 5.54 Å². The highest BCUT2D eigenvalue weighted by atomic mass is 35.5. The fourth-order valence-corrected chi connectivity index (χ4v) is 2.14. The minimum atomic E-state index is 0.0322. The van der Waals surface area contributed by atoms with Gasteiger partial charge < -0.3 is 10.6 Å². The van der Waals surface area contributed by atoms with Crippen molar-refractivity contribution in [2.45, 2.75) is 18.9 Å². The van der Waals surface area contributed by atoms with E-state index in [2.05, 4.69) is 22.5 Å². The summed E-state index contributed by atoms with van der Waals surface area (Å²) >= 11 is 11.8. The quantitative estimate of drug-likeness (QED) is 0.842. The maximum atomic E-state index is 6.04. The van der Waals surface area contributed by atoms with Gasteiger partial charge in [-0.25, -0.2) is 4.98 Å². The van der Waals surface area contributed by atoms with Crippen LogP contribution in [0.1, 0.15) is 13.3 Å². The molecule has 1 aromatic heterocycles. The maximum absolute atomic E-state index is 6.04. The summed E-state index contributed by atoms with van der Waals surface area (Å²) in [5.74, 6) is 0.701. The van der Waals surface area contributed by atoms with Gasteiger partial charge in [0.1, 0.15) is 5.82 Å². The molecular weight excluding hydrogens is 233 g/mol. The summed E-state index contributed by atoms with van der Waals surface area (Å²) in [7, 11) is 0. The van der Waals surface area contributed by atoms with E-state index < -0.39 is 0 Å². The Morgan fingerprint density at radius 3 is 2.93 bits per heavy atom. The molecule has 0 amide bonds. The van der Waals surface area contributed by atoms with Crippen LogP contribution in [0.25, 0.3) is 0 Å². The van der Waals surface area contributed by atoms with Crippen molar-refractivity contribution in [3.8, 4) is 0 Å². The van der Waals surface area contributed by atoms with Crippen LogP contribution in [0.3, 0.4) is 0 Å². The van der Waals surface area contributed by atoms with Gasteiger partial charge in [0.15, 0.2) is 0 Å². The standard InChI is InChI=1S/C10H13Cl2N3/c1-10(2-3-13-6-10)15-9-8(12)4-7(11)5-14-9/h4-5,13H,2-3,6H2,1H3,(H,14,15). The van der Waals surface area contributed by atoms with Crippen LogP contribution < -0.4 is 10.6 Å². The molecule has 0 aromatic carbocycles. The summed E-state index contributed by atoms with van der Waals surface area (Å²) in [5.41, 5.74) is 0.0322. The summed E-state index contributed by atoms with van der Waals surface area (Å²) in [6, 6.07) is 1.70. The number of rotatable bonds is 2. The smallest absolute Gasteiger partial charge is 0.145 e. The molecule has 2 heterocycles. The van der Waals surface area contributed by atoms with E-state index in [4.69, 9.17) is 23.2 Å². The second-order valence-corrected chi connectivity index (χ2v) is 4.94. The van der Waals surface area contributed by atoms with Gasteiger partial charge in [-0.3, -0.25) is 0 Å². The number of anilines is 1. The zero-order valence-corrected chi connectivity index (χ0v) is 9.99. The Labute approximate surface area is 99.2 Å². The Balaban J connectivity index is 2.16. The number of pyridine rings is 1. The third kappa shape index (κ3) is 2.54. The molecule has 3 nitrogen and oxygen atoms in total. The van der Waals surface area contributed by atoms with Crippen molar-refractivity contribution >= 4 is 29.0 Å². The van der Waals surface area contributed by atoms with Gasteiger partial charge in [0.05, 0.1) is 10.0 Å². The van der Waals surface area contributed by atoms with Crippen molar-refractivity contribution in [1.29, 1.82) is 0 Å². The molecule has 5 heteroatoms. The molecule has 1 fully saturated rings. The lowest BCUT2D eigenvalue weighted by Crippen LogP contribution is -2.37. The van der Waals surface area contributed by atoms with Crippen molar-refractivity contribution < 1.29 is 0 Å². The van der Waals surface area contributed by atoms with E-state index in [1.54, 1.807) is 12.3 Å². The molecule has 1 aliphatic heterocycles. The summed E-state index contributed by atoms with van der Waals surface area (Å²) in [6.45, 7) is 4.10. The average Bonchev–Trinajstić information content (AvgIpc) is 2.58. The molecule has 0 spiro atoms. The Morgan fingerprint density at radius 2 is 2.33 bits per heavy atom. The number of nitrogens with zero attached hydrogens (tertiary/aromatic N) is 1. The molecule has 1 unspecified atom stereocenters. The van der Waals surface area contributed by atoms with Gasteiger partial charge in [0, 0.05) is 18.3 Å². The van der Waals surface area contributed by atoms with Crippen molar-refractivity contribution in [3.63, 3.8) is 0 Å². The Kier molecular flexibility index (Phi) is 3.05. The van der Waals surface area contributed by atoms with Crippen molar-refractivity contribution in [3.05, 3.63) is 22.3 Å². The SMILES string of the molecule is CC1(Nc2ncc(Cl)cc2Cl)CCNC1. The molecule has 82 valence electrons. The Morgan fingerprint density at radius 1 is 1.53 bits per heavy atom. The molecule has 0 saturated carbocycles. The van der Waals surface area contributed by atoms with Crippen LogP contribution in [-0.2, 0) is 0 Å². The highest BCUT2D eigenvalue weighted by molar-refractivity contribution is 6.35. The Bertz CT molecular complexity index is 362. The predicted octanol–water partition coefficient (Wildman–Crippen LogP) is 2.55. The van der Waals surface area contributed by atoms with E-state index in [0.29, 0.717) is 15.9 Å². The first-order valence-corrected chi connectivity index (χ1v) is 5.65. The molecule has 2 N–H and O–H groups in total. The maximum Gasteiger partial charge on any atom is 0.145 e. The molecule has 1 aliphatic rings. The van der Waals surface area contributed by atoms with Crippen molar-refractivity contribution in [2.75, 3.05) is 18.4 Å². The molecule has 0 radical (unpaired) electrons. The van der Waals surface area contributed by atoms with Gasteiger partial charge in [0.2, 0.25) is 0 Å². The van der Waals surface area contributed by atoms with Gasteiger partial charge in [-0.1, -0.05) is 23.2 Å². The van der Waals surface area contributed by atoms with Crippen LogP contribution in [0.15, 0.2) is 12.3 Å². The summed E-state index contributed by atoms with van der Waals surface area (Å²) in [4.78, 5) is 4.18. The van der Waals surface area contributed by atoms with E-state index in [1.165, 1.54) is 0 Å². The third-order valence-corrected chi connectivity index (χ3v) is 3.09. The molecule has 1 saturated heterocycles. The predicted molar refractivity (Wildman–Crippen MR) is 63.8 cm³/mol. The number of nitrogens with one attached hydrogen (secondary N) is 2. The van der Waals surface area contributed by atoms with Gasteiger partial charge >= 0.3 is 0 Å². The monoisotopic (exact) mass is 245 g/mol. The minimum Gasteiger partial charge on any atom is -0.362 e. The molecule has 1 aromatic rings. The third-order valence-electron chi connectivity index (χ3n) is 2.60. The molecule has 0 bridgehead atoms. The van der Waals surface area contributed by atoms with Crippen LogP contribution in [-0.4, -0.2) is 23.6 Å². The zero-order chi connectivity index (χ0) is 10.9. The van der Waals surface area contributed by atoms with E-state index in [9.17, 15) is 0 Å². The number of hydrogen-bond donors (Lipinski definition) is 2. The number of halogens is 2. The van der Waals surface area contributed by atoms with Crippen LogP contribution in [0.5, 0.6) is 0 Å². The lowest BCUT2D eigenvalue weighted by atomic mass is 10.0. The molecule has 0 aliphatic carbocycles. The van der Waals surface area contributed by atoms with Crippen LogP contribution >= 0.6 is 23.2 Å². The summed E-state index contributed by atoms with van der Waals surface area (Å²) < 4.78 is 0. The highest BCUT2D eigenvalue weighted by Gasteiger charge is 2.29. The fourth-order valence-electron chi connectivity index (χ4n) is 1.72. The summed E-state index contributed by atoms with van der Waals surface area (Å²) in [6.07, 6.45) is 2.66. The zero-order valence-electron chi connectivity index (χ0n) is 8.48. The highest BCUT2D eigenvalue weighted by Crippen LogP contribution is 2.27. The second kappa shape index (κ2) is 4.16. The minimum absolute atomic E-state index is 0.0322. The van der Waals surface area contributed by atoms with E-state index in [1.807, 2.05) is 0 Å². The molecule has 15 heavy (non-hydrogen) atoms. The van der Waals surface area contributed by atoms with Gasteiger partial charge in [-0.15, -0.1) is 0 Å². The molecular formula is C10H13Cl2N3. The second-order valence-electron chi connectivity index (χ2n) is 4.10. The average molecular weight is 246 g/mol. The van der Waals surface area contributed by atoms with Crippen LogP contribution in [0, 0.1) is 0 Å². The van der Waals surface area contributed by atoms with Gasteiger partial charge in [-0.2, -0.15) is 0 Å². The summed E-state index contributed by atoms with van der Waals surface area (Å²) in [5, 5.41) is 7.77. The Hall–Kier alpha value is -0.510. The largest absolute Gasteiger partial charge is 0.362 e. The lowest BCUT2D eigenvalue weighted by molar-refractivity contribution is 0.564. The van der Waals surface area contributed by atoms with E-state index >= 15 is 0 Å². The van der Waals surface area contributed by atoms with Gasteiger partial charge in [-0.05, 0) is 26.0 Å². The fraction of sp³-hybridized carbons (Fsp3) is 0.500. The number of hydrogen-bond acceptors (Lipinski definition) is 3. The number of aromatic nitrogens is 1. The topological polar surface area (TPSA) is 37.0 Å². The van der Waals surface area contributed by atoms with Crippen molar-refractivity contribution in [2.24, 2.45) is 0 Å². The van der Waals surface area contributed by atoms with Crippen molar-refractivity contribution in [1.82, 2.24) is 10.3 Å². The van der Waals surface area contributed by atoms with Gasteiger partial charge in [0.25, 0.3) is 0 Å². The lowest BCUT2D eigenvalue weighted by Gasteiger charge is -2.25. The van der Waals surface area contributed by atoms with Crippen LogP contribution in [0.2, 0.25) is 10.0 Å². The first-order valence-electron chi connectivity index (χ1n) is 4.89. The van der Waals surface area contributed by atoms with E-state index in [0.717, 1.165) is 19.5 Å². The first-order chi connectivity index (χ1) is 7.09. The van der Waals surface area contributed by atoms with Crippen LogP contribution in [0.4, 0.5) is 5.82 Å².